The topological polar surface area (TPSA) is 0 Å². The molecule has 1 aliphatic rings. The minimum atomic E-state index is 0. The Bertz CT molecular complexity index is 470. The standard InChI is InChI=1S/C11H16.C8H16.C7H12.2CH4/c1-9(2)10(3)11-7-5-4-6-8-11;1-7-3-5-8(2)6-4-7;1-4-6-7(3)5-2;;/h4-10H,1-3H3;7-8H,3-6H2,1-2H3;7H,5H2,1-3H3;2*1H4. The molecular formula is C28H52. The quantitative estimate of drug-likeness (QED) is 0.452. The van der Waals surface area contributed by atoms with Crippen molar-refractivity contribution in [3.8, 4) is 11.8 Å². The molecule has 0 saturated heterocycles. The maximum Gasteiger partial charge on any atom is 0.0171 e. The van der Waals surface area contributed by atoms with E-state index in [-0.39, 0.29) is 14.9 Å². The van der Waals surface area contributed by atoms with E-state index >= 15 is 0 Å². The van der Waals surface area contributed by atoms with Crippen LogP contribution in [-0.4, -0.2) is 0 Å². The van der Waals surface area contributed by atoms with Gasteiger partial charge in [-0.15, -0.1) is 11.8 Å². The minimum absolute atomic E-state index is 0. The Balaban J connectivity index is -0.000000333. The molecule has 1 aliphatic carbocycles. The van der Waals surface area contributed by atoms with Gasteiger partial charge in [-0.25, -0.2) is 0 Å². The highest BCUT2D eigenvalue weighted by molar-refractivity contribution is 5.18. The summed E-state index contributed by atoms with van der Waals surface area (Å²) >= 11 is 0. The second-order valence-electron chi connectivity index (χ2n) is 8.51. The van der Waals surface area contributed by atoms with Gasteiger partial charge < -0.3 is 0 Å². The van der Waals surface area contributed by atoms with Crippen molar-refractivity contribution in [1.29, 1.82) is 0 Å². The fourth-order valence-corrected chi connectivity index (χ4v) is 2.92. The molecule has 0 aliphatic heterocycles. The molecule has 0 radical (unpaired) electrons. The monoisotopic (exact) mass is 388 g/mol. The van der Waals surface area contributed by atoms with Crippen molar-refractivity contribution >= 4 is 0 Å². The van der Waals surface area contributed by atoms with Gasteiger partial charge in [0, 0.05) is 5.92 Å². The van der Waals surface area contributed by atoms with Crippen molar-refractivity contribution in [2.45, 2.75) is 108 Å². The van der Waals surface area contributed by atoms with E-state index in [9.17, 15) is 0 Å². The first-order valence-electron chi connectivity index (χ1n) is 10.8. The summed E-state index contributed by atoms with van der Waals surface area (Å²) in [6, 6.07) is 10.7. The Morgan fingerprint density at radius 2 is 1.29 bits per heavy atom. The van der Waals surface area contributed by atoms with Gasteiger partial charge in [-0.2, -0.15) is 0 Å². The molecule has 0 heteroatoms. The van der Waals surface area contributed by atoms with Gasteiger partial charge in [-0.3, -0.25) is 0 Å². The number of hydrogen-bond acceptors (Lipinski definition) is 0. The smallest absolute Gasteiger partial charge is 0.0171 e. The molecule has 0 amide bonds. The number of rotatable bonds is 3. The van der Waals surface area contributed by atoms with Crippen LogP contribution in [0.5, 0.6) is 0 Å². The molecule has 0 heterocycles. The maximum absolute atomic E-state index is 3.05. The zero-order valence-corrected chi connectivity index (χ0v) is 18.8. The third-order valence-corrected chi connectivity index (χ3v) is 5.63. The van der Waals surface area contributed by atoms with Crippen molar-refractivity contribution in [2.24, 2.45) is 23.7 Å². The van der Waals surface area contributed by atoms with Crippen molar-refractivity contribution in [2.75, 3.05) is 0 Å². The van der Waals surface area contributed by atoms with Gasteiger partial charge in [0.1, 0.15) is 0 Å². The second kappa shape index (κ2) is 19.1. The Kier molecular flexibility index (Phi) is 21.5. The van der Waals surface area contributed by atoms with Crippen LogP contribution in [0.3, 0.4) is 0 Å². The lowest BCUT2D eigenvalue weighted by Gasteiger charge is -2.22. The van der Waals surface area contributed by atoms with E-state index in [1.165, 1.54) is 37.7 Å². The van der Waals surface area contributed by atoms with Crippen molar-refractivity contribution in [3.63, 3.8) is 0 Å². The summed E-state index contributed by atoms with van der Waals surface area (Å²) in [5, 5.41) is 0. The molecule has 1 saturated carbocycles. The molecule has 2 rings (SSSR count). The third-order valence-electron chi connectivity index (χ3n) is 5.63. The van der Waals surface area contributed by atoms with Crippen molar-refractivity contribution in [1.82, 2.24) is 0 Å². The summed E-state index contributed by atoms with van der Waals surface area (Å²) in [6.45, 7) is 17.7. The summed E-state index contributed by atoms with van der Waals surface area (Å²) in [5.74, 6) is 9.95. The van der Waals surface area contributed by atoms with E-state index in [4.69, 9.17) is 0 Å². The second-order valence-corrected chi connectivity index (χ2v) is 8.51. The van der Waals surface area contributed by atoms with Crippen LogP contribution in [0.25, 0.3) is 0 Å². The molecule has 1 fully saturated rings. The number of benzene rings is 1. The van der Waals surface area contributed by atoms with Gasteiger partial charge >= 0.3 is 0 Å². The highest BCUT2D eigenvalue weighted by atomic mass is 14.2. The van der Waals surface area contributed by atoms with Crippen molar-refractivity contribution < 1.29 is 0 Å². The van der Waals surface area contributed by atoms with Crippen LogP contribution in [0.2, 0.25) is 0 Å². The molecule has 0 nitrogen and oxygen atoms in total. The lowest BCUT2D eigenvalue weighted by molar-refractivity contribution is 0.308. The lowest BCUT2D eigenvalue weighted by Crippen LogP contribution is -2.08. The van der Waals surface area contributed by atoms with E-state index in [1.54, 1.807) is 0 Å². The van der Waals surface area contributed by atoms with Gasteiger partial charge in [-0.1, -0.05) is 119 Å². The Hall–Kier alpha value is -1.22. The van der Waals surface area contributed by atoms with Gasteiger partial charge in [0.2, 0.25) is 0 Å². The van der Waals surface area contributed by atoms with Crippen LogP contribution in [0.1, 0.15) is 114 Å². The van der Waals surface area contributed by atoms with Gasteiger partial charge in [0.25, 0.3) is 0 Å². The van der Waals surface area contributed by atoms with Crippen molar-refractivity contribution in [3.05, 3.63) is 35.9 Å². The zero-order valence-electron chi connectivity index (χ0n) is 18.8. The summed E-state index contributed by atoms with van der Waals surface area (Å²) in [7, 11) is 0. The predicted octanol–water partition coefficient (Wildman–Crippen LogP) is 9.61. The van der Waals surface area contributed by atoms with E-state index in [0.29, 0.717) is 11.8 Å². The van der Waals surface area contributed by atoms with Gasteiger partial charge in [0.15, 0.2) is 0 Å². The first-order valence-corrected chi connectivity index (χ1v) is 10.8. The highest BCUT2D eigenvalue weighted by Gasteiger charge is 2.13. The molecule has 1 aromatic rings. The van der Waals surface area contributed by atoms with Crippen LogP contribution in [0.4, 0.5) is 0 Å². The Morgan fingerprint density at radius 3 is 1.57 bits per heavy atom. The summed E-state index contributed by atoms with van der Waals surface area (Å²) in [4.78, 5) is 0. The Morgan fingerprint density at radius 1 is 0.857 bits per heavy atom. The molecule has 28 heavy (non-hydrogen) atoms. The molecule has 2 atom stereocenters. The molecule has 0 N–H and O–H groups in total. The largest absolute Gasteiger partial charge is 0.106 e. The van der Waals surface area contributed by atoms with E-state index in [0.717, 1.165) is 17.8 Å². The van der Waals surface area contributed by atoms with E-state index in [2.05, 4.69) is 90.6 Å². The predicted molar refractivity (Wildman–Crippen MR) is 133 cm³/mol. The first-order chi connectivity index (χ1) is 12.3. The molecule has 164 valence electrons. The van der Waals surface area contributed by atoms with Crippen LogP contribution < -0.4 is 0 Å². The lowest BCUT2D eigenvalue weighted by atomic mass is 9.84. The summed E-state index contributed by atoms with van der Waals surface area (Å²) in [6.07, 6.45) is 7.06. The number of hydrogen-bond donors (Lipinski definition) is 0. The summed E-state index contributed by atoms with van der Waals surface area (Å²) in [5.41, 5.74) is 1.45. The third kappa shape index (κ3) is 15.8. The minimum Gasteiger partial charge on any atom is -0.106 e. The fraction of sp³-hybridized carbons (Fsp3) is 0.714. The van der Waals surface area contributed by atoms with Gasteiger partial charge in [-0.05, 0) is 42.6 Å². The fourth-order valence-electron chi connectivity index (χ4n) is 2.92. The molecule has 0 spiro atoms. The molecule has 1 aromatic carbocycles. The average molecular weight is 389 g/mol. The SMILES string of the molecule is C.C.CC#CC(C)CC.CC(C)C(C)c1ccccc1.CC1CCC(C)CC1. The molecule has 0 bridgehead atoms. The van der Waals surface area contributed by atoms with Crippen LogP contribution in [-0.2, 0) is 0 Å². The highest BCUT2D eigenvalue weighted by Crippen LogP contribution is 2.27. The Labute approximate surface area is 179 Å². The maximum atomic E-state index is 3.05. The van der Waals surface area contributed by atoms with E-state index in [1.807, 2.05) is 6.92 Å². The normalized spacial score (nSPS) is 19.6. The summed E-state index contributed by atoms with van der Waals surface area (Å²) < 4.78 is 0. The van der Waals surface area contributed by atoms with Crippen LogP contribution in [0, 0.1) is 35.5 Å². The average Bonchev–Trinajstić information content (AvgIpc) is 2.65. The van der Waals surface area contributed by atoms with Crippen LogP contribution in [0.15, 0.2) is 30.3 Å². The van der Waals surface area contributed by atoms with E-state index < -0.39 is 0 Å². The molecule has 0 aromatic heterocycles. The van der Waals surface area contributed by atoms with Crippen LogP contribution >= 0.6 is 0 Å². The van der Waals surface area contributed by atoms with Gasteiger partial charge in [0.05, 0.1) is 0 Å². The molecular weight excluding hydrogens is 336 g/mol. The first kappa shape index (κ1) is 31.5. The zero-order chi connectivity index (χ0) is 19.9. The molecule has 2 unspecified atom stereocenters.